The normalized spacial score (nSPS) is 11.0. The lowest BCUT2D eigenvalue weighted by Gasteiger charge is -2.03. The van der Waals surface area contributed by atoms with Crippen LogP contribution in [0.2, 0.25) is 0 Å². The maximum atomic E-state index is 11.0. The molecule has 0 saturated heterocycles. The minimum atomic E-state index is -0.368. The van der Waals surface area contributed by atoms with E-state index in [-0.39, 0.29) is 10.6 Å². The lowest BCUT2D eigenvalue weighted by Crippen LogP contribution is -1.86. The summed E-state index contributed by atoms with van der Waals surface area (Å²) in [6.45, 7) is 0. The van der Waals surface area contributed by atoms with Crippen LogP contribution < -0.4 is 0 Å². The first-order chi connectivity index (χ1) is 11.2. The minimum Gasteiger partial charge on any atom is -0.354 e. The van der Waals surface area contributed by atoms with E-state index in [2.05, 4.69) is 11.1 Å². The third-order valence-electron chi connectivity index (χ3n) is 3.82. The molecule has 0 atom stereocenters. The number of H-pyrrole nitrogens is 1. The average Bonchev–Trinajstić information content (AvgIpc) is 3.21. The van der Waals surface area contributed by atoms with Crippen LogP contribution in [0, 0.1) is 10.1 Å². The van der Waals surface area contributed by atoms with Crippen LogP contribution in [0.15, 0.2) is 66.0 Å². The summed E-state index contributed by atoms with van der Waals surface area (Å²) in [4.78, 5) is 15.2. The van der Waals surface area contributed by atoms with E-state index >= 15 is 0 Å². The zero-order valence-corrected chi connectivity index (χ0v) is 12.8. The molecule has 0 unspecified atom stereocenters. The van der Waals surface area contributed by atoms with Crippen molar-refractivity contribution in [3.63, 3.8) is 0 Å². The largest absolute Gasteiger partial charge is 0.354 e. The van der Waals surface area contributed by atoms with E-state index in [1.807, 2.05) is 47.8 Å². The van der Waals surface area contributed by atoms with Gasteiger partial charge in [-0.3, -0.25) is 10.1 Å². The summed E-state index contributed by atoms with van der Waals surface area (Å²) in [5, 5.41) is 14.1. The van der Waals surface area contributed by atoms with E-state index in [1.54, 1.807) is 23.5 Å². The Morgan fingerprint density at radius 2 is 1.83 bits per heavy atom. The smallest absolute Gasteiger partial charge is 0.271 e. The van der Waals surface area contributed by atoms with Crippen molar-refractivity contribution in [2.75, 3.05) is 0 Å². The molecule has 5 heteroatoms. The topological polar surface area (TPSA) is 58.9 Å². The highest BCUT2D eigenvalue weighted by Crippen LogP contribution is 2.40. The Bertz CT molecular complexity index is 989. The third-order valence-corrected chi connectivity index (χ3v) is 4.71. The van der Waals surface area contributed by atoms with E-state index in [0.29, 0.717) is 0 Å². The van der Waals surface area contributed by atoms with E-state index in [1.165, 1.54) is 0 Å². The highest BCUT2D eigenvalue weighted by molar-refractivity contribution is 7.13. The molecule has 4 nitrogen and oxygen atoms in total. The molecule has 4 aromatic rings. The van der Waals surface area contributed by atoms with Crippen LogP contribution in [0.5, 0.6) is 0 Å². The first-order valence-corrected chi connectivity index (χ1v) is 8.01. The van der Waals surface area contributed by atoms with Gasteiger partial charge in [0.1, 0.15) is 0 Å². The van der Waals surface area contributed by atoms with Gasteiger partial charge in [0.2, 0.25) is 0 Å². The number of nitrogens with zero attached hydrogens (tertiary/aromatic N) is 1. The van der Waals surface area contributed by atoms with Crippen LogP contribution in [-0.4, -0.2) is 9.91 Å². The number of rotatable bonds is 3. The SMILES string of the molecule is O=[N+]([O-])c1ccc2c(-c3cccs3)c(-c3ccccc3)[nH]c2c1. The van der Waals surface area contributed by atoms with Gasteiger partial charge < -0.3 is 4.98 Å². The molecule has 0 spiro atoms. The van der Waals surface area contributed by atoms with Gasteiger partial charge in [-0.15, -0.1) is 11.3 Å². The van der Waals surface area contributed by atoms with Crippen molar-refractivity contribution in [3.8, 4) is 21.7 Å². The van der Waals surface area contributed by atoms with Gasteiger partial charge in [0.05, 0.1) is 16.1 Å². The molecule has 0 bridgehead atoms. The number of nitro benzene ring substituents is 1. The number of aromatic nitrogens is 1. The Balaban J connectivity index is 2.04. The fourth-order valence-electron chi connectivity index (χ4n) is 2.80. The molecular weight excluding hydrogens is 308 g/mol. The van der Waals surface area contributed by atoms with Crippen LogP contribution >= 0.6 is 11.3 Å². The molecule has 112 valence electrons. The summed E-state index contributed by atoms with van der Waals surface area (Å²) < 4.78 is 0. The number of hydrogen-bond acceptors (Lipinski definition) is 3. The van der Waals surface area contributed by atoms with Crippen LogP contribution in [0.1, 0.15) is 0 Å². The van der Waals surface area contributed by atoms with E-state index in [4.69, 9.17) is 0 Å². The van der Waals surface area contributed by atoms with Gasteiger partial charge >= 0.3 is 0 Å². The first-order valence-electron chi connectivity index (χ1n) is 7.13. The molecule has 0 radical (unpaired) electrons. The molecule has 0 aliphatic rings. The Labute approximate surface area is 136 Å². The number of nitro groups is 1. The molecule has 0 saturated carbocycles. The van der Waals surface area contributed by atoms with Gasteiger partial charge in [-0.2, -0.15) is 0 Å². The molecule has 0 aliphatic heterocycles. The predicted octanol–water partition coefficient (Wildman–Crippen LogP) is 5.47. The van der Waals surface area contributed by atoms with Crippen LogP contribution in [0.25, 0.3) is 32.6 Å². The molecule has 23 heavy (non-hydrogen) atoms. The quantitative estimate of drug-likeness (QED) is 0.402. The first kappa shape index (κ1) is 13.7. The number of nitrogens with one attached hydrogen (secondary N) is 1. The van der Waals surface area contributed by atoms with Crippen LogP contribution in [0.4, 0.5) is 5.69 Å². The lowest BCUT2D eigenvalue weighted by atomic mass is 10.0. The Morgan fingerprint density at radius 1 is 1.00 bits per heavy atom. The van der Waals surface area contributed by atoms with Crippen molar-refractivity contribution in [1.82, 2.24) is 4.98 Å². The molecule has 2 aromatic carbocycles. The Kier molecular flexibility index (Phi) is 3.20. The van der Waals surface area contributed by atoms with Crippen LogP contribution in [-0.2, 0) is 0 Å². The van der Waals surface area contributed by atoms with Crippen molar-refractivity contribution in [3.05, 3.63) is 76.2 Å². The summed E-state index contributed by atoms with van der Waals surface area (Å²) >= 11 is 1.66. The second-order valence-electron chi connectivity index (χ2n) is 5.21. The molecule has 0 amide bonds. The average molecular weight is 320 g/mol. The van der Waals surface area contributed by atoms with Crippen molar-refractivity contribution < 1.29 is 4.92 Å². The number of benzene rings is 2. The molecule has 0 aliphatic carbocycles. The highest BCUT2D eigenvalue weighted by atomic mass is 32.1. The summed E-state index contributed by atoms with van der Waals surface area (Å²) in [7, 11) is 0. The van der Waals surface area contributed by atoms with Gasteiger partial charge in [-0.25, -0.2) is 0 Å². The van der Waals surface area contributed by atoms with Gasteiger partial charge in [-0.05, 0) is 23.1 Å². The van der Waals surface area contributed by atoms with Crippen molar-refractivity contribution in [2.24, 2.45) is 0 Å². The maximum Gasteiger partial charge on any atom is 0.271 e. The van der Waals surface area contributed by atoms with Gasteiger partial charge in [0.15, 0.2) is 0 Å². The number of non-ortho nitro benzene ring substituents is 1. The second kappa shape index (κ2) is 5.37. The second-order valence-corrected chi connectivity index (χ2v) is 6.15. The summed E-state index contributed by atoms with van der Waals surface area (Å²) in [6.07, 6.45) is 0. The molecule has 0 fully saturated rings. The van der Waals surface area contributed by atoms with Crippen molar-refractivity contribution >= 4 is 27.9 Å². The zero-order chi connectivity index (χ0) is 15.8. The summed E-state index contributed by atoms with van der Waals surface area (Å²) in [5.41, 5.74) is 4.02. The number of thiophene rings is 1. The predicted molar refractivity (Wildman–Crippen MR) is 93.7 cm³/mol. The molecule has 1 N–H and O–H groups in total. The highest BCUT2D eigenvalue weighted by Gasteiger charge is 2.17. The Morgan fingerprint density at radius 3 is 2.52 bits per heavy atom. The fourth-order valence-corrected chi connectivity index (χ4v) is 3.59. The van der Waals surface area contributed by atoms with E-state index in [0.717, 1.165) is 32.6 Å². The monoisotopic (exact) mass is 320 g/mol. The molecular formula is C18H12N2O2S. The molecule has 2 heterocycles. The third kappa shape index (κ3) is 2.31. The minimum absolute atomic E-state index is 0.0936. The van der Waals surface area contributed by atoms with E-state index < -0.39 is 0 Å². The lowest BCUT2D eigenvalue weighted by molar-refractivity contribution is -0.384. The summed E-state index contributed by atoms with van der Waals surface area (Å²) in [6, 6.07) is 19.1. The van der Waals surface area contributed by atoms with Crippen molar-refractivity contribution in [2.45, 2.75) is 0 Å². The number of hydrogen-bond donors (Lipinski definition) is 1. The zero-order valence-electron chi connectivity index (χ0n) is 12.0. The fraction of sp³-hybridized carbons (Fsp3) is 0. The number of fused-ring (bicyclic) bond motifs is 1. The number of aromatic amines is 1. The Hall–Kier alpha value is -2.92. The van der Waals surface area contributed by atoms with Gasteiger partial charge in [0, 0.05) is 28.0 Å². The maximum absolute atomic E-state index is 11.0. The van der Waals surface area contributed by atoms with E-state index in [9.17, 15) is 10.1 Å². The summed E-state index contributed by atoms with van der Waals surface area (Å²) in [5.74, 6) is 0. The molecule has 4 rings (SSSR count). The molecule has 2 aromatic heterocycles. The van der Waals surface area contributed by atoms with Crippen molar-refractivity contribution in [1.29, 1.82) is 0 Å². The van der Waals surface area contributed by atoms with Crippen LogP contribution in [0.3, 0.4) is 0 Å². The van der Waals surface area contributed by atoms with Gasteiger partial charge in [-0.1, -0.05) is 36.4 Å². The van der Waals surface area contributed by atoms with Gasteiger partial charge in [0.25, 0.3) is 5.69 Å². The standard InChI is InChI=1S/C18H12N2O2S/c21-20(22)13-8-9-14-15(11-13)19-18(12-5-2-1-3-6-12)17(14)16-7-4-10-23-16/h1-11,19H.